The van der Waals surface area contributed by atoms with Gasteiger partial charge in [0.15, 0.2) is 5.76 Å². The van der Waals surface area contributed by atoms with Crippen molar-refractivity contribution in [3.05, 3.63) is 35.1 Å². The Morgan fingerprint density at radius 3 is 2.11 bits per heavy atom. The molecule has 148 valence electrons. The van der Waals surface area contributed by atoms with Crippen molar-refractivity contribution in [2.45, 2.75) is 65.8 Å². The maximum Gasteiger partial charge on any atom is 0.150 e. The van der Waals surface area contributed by atoms with Crippen LogP contribution in [0.4, 0.5) is 5.82 Å². The molecular weight excluding hydrogens is 338 g/mol. The summed E-state index contributed by atoms with van der Waals surface area (Å²) in [5, 5.41) is 3.98. The Hall–Kier alpha value is -1.95. The molecule has 0 saturated carbocycles. The molecule has 1 aliphatic rings. The second-order valence-corrected chi connectivity index (χ2v) is 9.63. The zero-order chi connectivity index (χ0) is 19.8. The van der Waals surface area contributed by atoms with E-state index in [-0.39, 0.29) is 10.8 Å². The standard InChI is InChI=1S/C21H33N5O/c1-15-12-16(27-24-15)14-25-8-10-26(11-9-25)18-13-17(20(2,3)4)22-19(23-18)21(5,6)7/h12-13H,8-11,14H2,1-7H3. The van der Waals surface area contributed by atoms with Gasteiger partial charge in [0.05, 0.1) is 17.9 Å². The first-order valence-electron chi connectivity index (χ1n) is 9.82. The van der Waals surface area contributed by atoms with Gasteiger partial charge in [0.25, 0.3) is 0 Å². The molecule has 0 amide bonds. The van der Waals surface area contributed by atoms with Crippen LogP contribution >= 0.6 is 0 Å². The largest absolute Gasteiger partial charge is 0.360 e. The van der Waals surface area contributed by atoms with E-state index < -0.39 is 0 Å². The van der Waals surface area contributed by atoms with Gasteiger partial charge in [-0.1, -0.05) is 46.7 Å². The minimum Gasteiger partial charge on any atom is -0.360 e. The average Bonchev–Trinajstić information content (AvgIpc) is 2.98. The summed E-state index contributed by atoms with van der Waals surface area (Å²) >= 11 is 0. The first kappa shape index (κ1) is 19.8. The van der Waals surface area contributed by atoms with Gasteiger partial charge in [-0.25, -0.2) is 9.97 Å². The summed E-state index contributed by atoms with van der Waals surface area (Å²) in [6, 6.07) is 4.19. The lowest BCUT2D eigenvalue weighted by molar-refractivity contribution is 0.219. The van der Waals surface area contributed by atoms with Crippen molar-refractivity contribution in [3.63, 3.8) is 0 Å². The van der Waals surface area contributed by atoms with Crippen LogP contribution in [0.25, 0.3) is 0 Å². The minimum absolute atomic E-state index is 0.00363. The van der Waals surface area contributed by atoms with Crippen LogP contribution in [0.3, 0.4) is 0 Å². The number of piperazine rings is 1. The third kappa shape index (κ3) is 4.86. The summed E-state index contributed by atoms with van der Waals surface area (Å²) in [7, 11) is 0. The molecular formula is C21H33N5O. The molecule has 0 atom stereocenters. The van der Waals surface area contributed by atoms with Crippen LogP contribution in [-0.2, 0) is 17.4 Å². The lowest BCUT2D eigenvalue weighted by Gasteiger charge is -2.36. The van der Waals surface area contributed by atoms with Gasteiger partial charge in [-0.3, -0.25) is 4.90 Å². The van der Waals surface area contributed by atoms with Crippen LogP contribution < -0.4 is 4.90 Å². The van der Waals surface area contributed by atoms with E-state index >= 15 is 0 Å². The number of hydrogen-bond donors (Lipinski definition) is 0. The van der Waals surface area contributed by atoms with Gasteiger partial charge in [-0.2, -0.15) is 0 Å². The molecule has 2 aromatic heterocycles. The van der Waals surface area contributed by atoms with Gasteiger partial charge < -0.3 is 9.42 Å². The van der Waals surface area contributed by atoms with E-state index in [4.69, 9.17) is 14.5 Å². The SMILES string of the molecule is Cc1cc(CN2CCN(c3cc(C(C)(C)C)nc(C(C)(C)C)n3)CC2)on1. The Labute approximate surface area is 163 Å². The van der Waals surface area contributed by atoms with Crippen molar-refractivity contribution in [2.75, 3.05) is 31.1 Å². The molecule has 1 fully saturated rings. The molecule has 0 aromatic carbocycles. The Balaban J connectivity index is 1.75. The predicted molar refractivity (Wildman–Crippen MR) is 108 cm³/mol. The summed E-state index contributed by atoms with van der Waals surface area (Å²) in [6.45, 7) is 19.8. The highest BCUT2D eigenvalue weighted by molar-refractivity contribution is 5.42. The van der Waals surface area contributed by atoms with Crippen LogP contribution in [0.1, 0.15) is 64.5 Å². The molecule has 27 heavy (non-hydrogen) atoms. The quantitative estimate of drug-likeness (QED) is 0.820. The molecule has 0 N–H and O–H groups in total. The van der Waals surface area contributed by atoms with E-state index in [2.05, 4.69) is 62.6 Å². The summed E-state index contributed by atoms with van der Waals surface area (Å²) < 4.78 is 5.36. The molecule has 2 aromatic rings. The Morgan fingerprint density at radius 1 is 0.926 bits per heavy atom. The number of nitrogens with zero attached hydrogens (tertiary/aromatic N) is 5. The second-order valence-electron chi connectivity index (χ2n) is 9.63. The molecule has 1 saturated heterocycles. The number of anilines is 1. The van der Waals surface area contributed by atoms with Gasteiger partial charge in [0.2, 0.25) is 0 Å². The molecule has 3 heterocycles. The lowest BCUT2D eigenvalue weighted by atomic mass is 9.90. The molecule has 0 bridgehead atoms. The summed E-state index contributed by atoms with van der Waals surface area (Å²) in [5.74, 6) is 2.91. The van der Waals surface area contributed by atoms with Gasteiger partial charge in [-0.05, 0) is 6.92 Å². The molecule has 1 aliphatic heterocycles. The molecule has 0 unspecified atom stereocenters. The van der Waals surface area contributed by atoms with Crippen molar-refractivity contribution in [1.29, 1.82) is 0 Å². The van der Waals surface area contributed by atoms with E-state index in [1.165, 1.54) is 0 Å². The van der Waals surface area contributed by atoms with Crippen molar-refractivity contribution in [1.82, 2.24) is 20.0 Å². The third-order valence-electron chi connectivity index (χ3n) is 4.90. The highest BCUT2D eigenvalue weighted by Gasteiger charge is 2.26. The highest BCUT2D eigenvalue weighted by Crippen LogP contribution is 2.28. The minimum atomic E-state index is -0.0675. The Bertz CT molecular complexity index is 744. The van der Waals surface area contributed by atoms with E-state index in [1.54, 1.807) is 0 Å². The van der Waals surface area contributed by atoms with Crippen LogP contribution in [0.5, 0.6) is 0 Å². The van der Waals surface area contributed by atoms with Gasteiger partial charge in [-0.15, -0.1) is 0 Å². The second kappa shape index (κ2) is 7.23. The molecule has 0 aliphatic carbocycles. The number of rotatable bonds is 3. The molecule has 0 radical (unpaired) electrons. The van der Waals surface area contributed by atoms with E-state index in [0.717, 1.165) is 61.5 Å². The monoisotopic (exact) mass is 371 g/mol. The van der Waals surface area contributed by atoms with Crippen LogP contribution in [-0.4, -0.2) is 46.2 Å². The maximum atomic E-state index is 5.36. The average molecular weight is 372 g/mol. The van der Waals surface area contributed by atoms with Crippen molar-refractivity contribution < 1.29 is 4.52 Å². The fourth-order valence-corrected chi connectivity index (χ4v) is 3.16. The zero-order valence-electron chi connectivity index (χ0n) is 17.8. The normalized spacial score (nSPS) is 16.8. The highest BCUT2D eigenvalue weighted by atomic mass is 16.5. The number of hydrogen-bond acceptors (Lipinski definition) is 6. The fraction of sp³-hybridized carbons (Fsp3) is 0.667. The predicted octanol–water partition coefficient (Wildman–Crippen LogP) is 3.69. The van der Waals surface area contributed by atoms with Gasteiger partial charge >= 0.3 is 0 Å². The van der Waals surface area contributed by atoms with Crippen LogP contribution in [0, 0.1) is 6.92 Å². The topological polar surface area (TPSA) is 58.3 Å². The summed E-state index contributed by atoms with van der Waals surface area (Å²) in [5.41, 5.74) is 1.98. The molecule has 3 rings (SSSR count). The molecule has 0 spiro atoms. The summed E-state index contributed by atoms with van der Waals surface area (Å²) in [6.07, 6.45) is 0. The lowest BCUT2D eigenvalue weighted by Crippen LogP contribution is -2.46. The summed E-state index contributed by atoms with van der Waals surface area (Å²) in [4.78, 5) is 14.6. The molecule has 6 heteroatoms. The van der Waals surface area contributed by atoms with E-state index in [9.17, 15) is 0 Å². The van der Waals surface area contributed by atoms with Crippen LogP contribution in [0.15, 0.2) is 16.7 Å². The van der Waals surface area contributed by atoms with E-state index in [0.29, 0.717) is 0 Å². The number of aromatic nitrogens is 3. The maximum absolute atomic E-state index is 5.36. The Kier molecular flexibility index (Phi) is 5.30. The Morgan fingerprint density at radius 2 is 1.59 bits per heavy atom. The van der Waals surface area contributed by atoms with Crippen LogP contribution in [0.2, 0.25) is 0 Å². The smallest absolute Gasteiger partial charge is 0.150 e. The third-order valence-corrected chi connectivity index (χ3v) is 4.90. The number of aryl methyl sites for hydroxylation is 1. The zero-order valence-corrected chi connectivity index (χ0v) is 17.8. The van der Waals surface area contributed by atoms with Gasteiger partial charge in [0.1, 0.15) is 11.6 Å². The van der Waals surface area contributed by atoms with E-state index in [1.807, 2.05) is 13.0 Å². The fourth-order valence-electron chi connectivity index (χ4n) is 3.16. The first-order chi connectivity index (χ1) is 12.5. The molecule has 6 nitrogen and oxygen atoms in total. The van der Waals surface area contributed by atoms with Crippen molar-refractivity contribution >= 4 is 5.82 Å². The van der Waals surface area contributed by atoms with Crippen molar-refractivity contribution in [2.24, 2.45) is 0 Å². The van der Waals surface area contributed by atoms with Gasteiger partial charge in [0, 0.05) is 49.1 Å². The van der Waals surface area contributed by atoms with Crippen molar-refractivity contribution in [3.8, 4) is 0 Å². The first-order valence-corrected chi connectivity index (χ1v) is 9.82.